The van der Waals surface area contributed by atoms with Gasteiger partial charge in [0.25, 0.3) is 0 Å². The molecular weight excluding hydrogens is 707 g/mol. The molecule has 1 fully saturated rings. The number of carboxylic acids is 1. The first-order valence-corrected chi connectivity index (χ1v) is 17.1. The largest absolute Gasteiger partial charge is 0.507 e. The Bertz CT molecular complexity index is 2050. The summed E-state index contributed by atoms with van der Waals surface area (Å²) in [6.45, 7) is 1.82. The highest BCUT2D eigenvalue weighted by Crippen LogP contribution is 2.40. The average molecular weight is 737 g/mol. The van der Waals surface area contributed by atoms with Gasteiger partial charge in [-0.3, -0.25) is 4.79 Å². The first kappa shape index (κ1) is 36.7. The molecule has 0 heterocycles. The van der Waals surface area contributed by atoms with Crippen LogP contribution in [0.25, 0.3) is 0 Å². The van der Waals surface area contributed by atoms with Crippen molar-refractivity contribution in [3.63, 3.8) is 0 Å². The second kappa shape index (κ2) is 14.4. The molecule has 5 rings (SSSR count). The van der Waals surface area contributed by atoms with E-state index >= 15 is 8.78 Å². The van der Waals surface area contributed by atoms with Crippen LogP contribution in [0.15, 0.2) is 71.6 Å². The number of anilines is 1. The van der Waals surface area contributed by atoms with Crippen LogP contribution in [-0.2, 0) is 27.9 Å². The summed E-state index contributed by atoms with van der Waals surface area (Å²) in [5, 5.41) is 20.2. The Morgan fingerprint density at radius 2 is 1.44 bits per heavy atom. The molecule has 0 saturated heterocycles. The van der Waals surface area contributed by atoms with Crippen LogP contribution in [0.5, 0.6) is 5.75 Å². The van der Waals surface area contributed by atoms with Gasteiger partial charge in [-0.05, 0) is 65.6 Å². The lowest BCUT2D eigenvalue weighted by molar-refractivity contribution is -0.123. The molecule has 50 heavy (non-hydrogen) atoms. The fourth-order valence-corrected chi connectivity index (χ4v) is 7.59. The Kier molecular flexibility index (Phi) is 10.6. The zero-order chi connectivity index (χ0) is 36.7. The van der Waals surface area contributed by atoms with E-state index in [0.29, 0.717) is 15.8 Å². The first-order chi connectivity index (χ1) is 23.5. The number of nitrogens with zero attached hydrogens (tertiary/aromatic N) is 2. The highest BCUT2D eigenvalue weighted by molar-refractivity contribution is 7.89. The van der Waals surface area contributed by atoms with Gasteiger partial charge in [-0.2, -0.15) is 4.31 Å². The van der Waals surface area contributed by atoms with Crippen LogP contribution in [0, 0.1) is 35.0 Å². The molecular formula is C35H30ClF5N2O6S. The van der Waals surface area contributed by atoms with Crippen molar-refractivity contribution in [3.05, 3.63) is 123 Å². The van der Waals surface area contributed by atoms with E-state index in [4.69, 9.17) is 11.6 Å². The molecule has 0 aliphatic heterocycles. The van der Waals surface area contributed by atoms with E-state index in [1.54, 1.807) is 12.1 Å². The molecule has 0 unspecified atom stereocenters. The van der Waals surface area contributed by atoms with Gasteiger partial charge in [0, 0.05) is 23.3 Å². The van der Waals surface area contributed by atoms with Crippen LogP contribution in [0.4, 0.5) is 27.6 Å². The van der Waals surface area contributed by atoms with Crippen molar-refractivity contribution < 1.29 is 50.2 Å². The highest BCUT2D eigenvalue weighted by atomic mass is 35.5. The number of benzene rings is 4. The maximum atomic E-state index is 15.2. The van der Waals surface area contributed by atoms with Gasteiger partial charge in [-0.15, -0.1) is 0 Å². The van der Waals surface area contributed by atoms with Crippen molar-refractivity contribution in [2.75, 3.05) is 4.90 Å². The van der Waals surface area contributed by atoms with Crippen molar-refractivity contribution in [2.45, 2.75) is 56.6 Å². The lowest BCUT2D eigenvalue weighted by Crippen LogP contribution is -2.53. The molecule has 1 aliphatic rings. The van der Waals surface area contributed by atoms with Crippen LogP contribution < -0.4 is 4.90 Å². The molecule has 4 aromatic rings. The van der Waals surface area contributed by atoms with E-state index in [2.05, 4.69) is 0 Å². The zero-order valence-corrected chi connectivity index (χ0v) is 28.1. The number of amides is 1. The monoisotopic (exact) mass is 736 g/mol. The third-order valence-electron chi connectivity index (χ3n) is 8.31. The summed E-state index contributed by atoms with van der Waals surface area (Å²) in [7, 11) is -5.72. The van der Waals surface area contributed by atoms with E-state index in [1.807, 2.05) is 12.1 Å². The normalized spacial score (nSPS) is 13.9. The summed E-state index contributed by atoms with van der Waals surface area (Å²) < 4.78 is 102. The summed E-state index contributed by atoms with van der Waals surface area (Å²) in [6, 6.07) is 14.0. The number of hydrogen-bond donors (Lipinski definition) is 2. The second-order valence-electron chi connectivity index (χ2n) is 12.2. The molecule has 1 amide bonds. The van der Waals surface area contributed by atoms with E-state index in [-0.39, 0.29) is 22.8 Å². The predicted molar refractivity (Wildman–Crippen MR) is 174 cm³/mol. The Hall–Kier alpha value is -4.53. The fraction of sp³-hybridized carbons (Fsp3) is 0.257. The van der Waals surface area contributed by atoms with Crippen LogP contribution in [0.2, 0.25) is 5.02 Å². The van der Waals surface area contributed by atoms with Crippen molar-refractivity contribution in [2.24, 2.45) is 5.92 Å². The second-order valence-corrected chi connectivity index (χ2v) is 14.5. The van der Waals surface area contributed by atoms with Crippen molar-refractivity contribution in [1.29, 1.82) is 0 Å². The van der Waals surface area contributed by atoms with Crippen LogP contribution in [0.1, 0.15) is 59.7 Å². The topological polar surface area (TPSA) is 115 Å². The van der Waals surface area contributed by atoms with Gasteiger partial charge in [0.2, 0.25) is 21.7 Å². The smallest absolute Gasteiger partial charge is 0.339 e. The molecule has 15 heteroatoms. The number of phenols is 1. The number of aromatic hydroxyl groups is 1. The summed E-state index contributed by atoms with van der Waals surface area (Å²) in [5.74, 6) is -16.7. The quantitative estimate of drug-likeness (QED) is 0.0873. The lowest BCUT2D eigenvalue weighted by atomic mass is 10.0. The maximum absolute atomic E-state index is 15.2. The SMILES string of the molecule is CC(C)[C@@H](C(=O)N(Cc1cccc(C2CC2)c1)c1ccc(C(=O)O)c(O)c1)N(Cc1ccc(Cl)cc1)S(=O)(=O)c1c(F)c(F)c(F)c(F)c1F. The van der Waals surface area contributed by atoms with Crippen LogP contribution >= 0.6 is 11.6 Å². The molecule has 1 atom stereocenters. The maximum Gasteiger partial charge on any atom is 0.339 e. The minimum Gasteiger partial charge on any atom is -0.507 e. The highest BCUT2D eigenvalue weighted by Gasteiger charge is 2.45. The number of sulfonamides is 1. The van der Waals surface area contributed by atoms with E-state index in [1.165, 1.54) is 44.2 Å². The number of carbonyl (C=O) groups is 2. The minimum absolute atomic E-state index is 0.0694. The van der Waals surface area contributed by atoms with Crippen molar-refractivity contribution in [1.82, 2.24) is 4.31 Å². The van der Waals surface area contributed by atoms with Crippen LogP contribution in [0.3, 0.4) is 0 Å². The van der Waals surface area contributed by atoms with Crippen molar-refractivity contribution in [3.8, 4) is 5.75 Å². The number of hydrogen-bond acceptors (Lipinski definition) is 5. The Morgan fingerprint density at radius 1 is 0.840 bits per heavy atom. The summed E-state index contributed by atoms with van der Waals surface area (Å²) in [5.41, 5.74) is 1.14. The number of carboxylic acid groups (broad SMARTS) is 1. The number of aromatic carboxylic acids is 1. The number of carbonyl (C=O) groups excluding carboxylic acids is 1. The van der Waals surface area contributed by atoms with Gasteiger partial charge in [0.15, 0.2) is 28.2 Å². The van der Waals surface area contributed by atoms with E-state index in [0.717, 1.165) is 35.4 Å². The van der Waals surface area contributed by atoms with Gasteiger partial charge < -0.3 is 15.1 Å². The predicted octanol–water partition coefficient (Wildman–Crippen LogP) is 7.77. The average Bonchev–Trinajstić information content (AvgIpc) is 3.92. The Morgan fingerprint density at radius 3 is 1.98 bits per heavy atom. The molecule has 264 valence electrons. The molecule has 4 aromatic carbocycles. The molecule has 0 bridgehead atoms. The van der Waals surface area contributed by atoms with Gasteiger partial charge >= 0.3 is 5.97 Å². The Balaban J connectivity index is 1.70. The first-order valence-electron chi connectivity index (χ1n) is 15.3. The van der Waals surface area contributed by atoms with Gasteiger partial charge in [0.1, 0.15) is 17.4 Å². The lowest BCUT2D eigenvalue weighted by Gasteiger charge is -2.36. The van der Waals surface area contributed by atoms with Crippen LogP contribution in [-0.4, -0.2) is 40.9 Å². The summed E-state index contributed by atoms with van der Waals surface area (Å²) >= 11 is 5.99. The molecule has 2 N–H and O–H groups in total. The molecule has 1 aliphatic carbocycles. The zero-order valence-electron chi connectivity index (χ0n) is 26.5. The molecule has 1 saturated carbocycles. The van der Waals surface area contributed by atoms with Gasteiger partial charge in [-0.1, -0.05) is 61.8 Å². The van der Waals surface area contributed by atoms with Gasteiger partial charge in [0.05, 0.1) is 6.54 Å². The van der Waals surface area contributed by atoms with E-state index in [9.17, 15) is 41.4 Å². The third-order valence-corrected chi connectivity index (χ3v) is 10.4. The van der Waals surface area contributed by atoms with Crippen molar-refractivity contribution >= 4 is 39.2 Å². The number of rotatable bonds is 12. The molecule has 0 spiro atoms. The summed E-state index contributed by atoms with van der Waals surface area (Å²) in [6.07, 6.45) is 1.92. The van der Waals surface area contributed by atoms with E-state index < -0.39 is 85.7 Å². The molecule has 8 nitrogen and oxygen atoms in total. The number of halogens is 6. The Labute approximate surface area is 289 Å². The van der Waals surface area contributed by atoms with Gasteiger partial charge in [-0.25, -0.2) is 35.2 Å². The fourth-order valence-electron chi connectivity index (χ4n) is 5.64. The molecule has 0 aromatic heterocycles. The third kappa shape index (κ3) is 7.32. The summed E-state index contributed by atoms with van der Waals surface area (Å²) in [4.78, 5) is 25.3. The minimum atomic E-state index is -5.72. The molecule has 0 radical (unpaired) electrons. The standard InChI is InChI=1S/C35H30ClF5N2O6S/c1-18(2)32(43(17-19-6-10-23(36)11-7-19)50(48,49)33-30(40)28(38)27(37)29(39)31(33)41)34(45)42(24-12-13-25(35(46)47)26(44)15-24)16-20-4-3-5-22(14-20)21-8-9-21/h3-7,10-15,18,21,32,44H,8-9,16-17H2,1-2H3,(H,46,47)/t32-/m0/s1.